The first-order chi connectivity index (χ1) is 8.20. The highest BCUT2D eigenvalue weighted by atomic mass is 35.5. The number of rotatable bonds is 3. The van der Waals surface area contributed by atoms with Gasteiger partial charge in [0.25, 0.3) is 0 Å². The highest BCUT2D eigenvalue weighted by Gasteiger charge is 2.09. The maximum Gasteiger partial charge on any atom is 0.137 e. The average Bonchev–Trinajstić information content (AvgIpc) is 2.30. The van der Waals surface area contributed by atoms with Crippen molar-refractivity contribution in [2.24, 2.45) is 0 Å². The van der Waals surface area contributed by atoms with Gasteiger partial charge in [0.05, 0.1) is 0 Å². The Morgan fingerprint density at radius 3 is 2.71 bits per heavy atom. The Morgan fingerprint density at radius 1 is 1.24 bits per heavy atom. The van der Waals surface area contributed by atoms with Crippen molar-refractivity contribution in [3.05, 3.63) is 47.4 Å². The van der Waals surface area contributed by atoms with Gasteiger partial charge >= 0.3 is 0 Å². The standard InChI is InChI=1S/C13H14ClN3/c1-3-17(11-6-4-5-10(2)7-11)13-8-12(14)15-9-16-13/h4-9H,3H2,1-2H3. The molecule has 0 bridgehead atoms. The van der Waals surface area contributed by atoms with E-state index in [1.54, 1.807) is 6.07 Å². The third kappa shape index (κ3) is 2.74. The zero-order chi connectivity index (χ0) is 12.3. The molecule has 2 rings (SSSR count). The van der Waals surface area contributed by atoms with Gasteiger partial charge in [-0.2, -0.15) is 0 Å². The smallest absolute Gasteiger partial charge is 0.137 e. The van der Waals surface area contributed by atoms with Crippen molar-refractivity contribution >= 4 is 23.1 Å². The van der Waals surface area contributed by atoms with E-state index in [4.69, 9.17) is 11.6 Å². The average molecular weight is 248 g/mol. The summed E-state index contributed by atoms with van der Waals surface area (Å²) >= 11 is 5.89. The Bertz CT molecular complexity index is 468. The summed E-state index contributed by atoms with van der Waals surface area (Å²) in [7, 11) is 0. The van der Waals surface area contributed by atoms with Crippen LogP contribution in [0.2, 0.25) is 5.15 Å². The molecule has 0 unspecified atom stereocenters. The van der Waals surface area contributed by atoms with E-state index < -0.39 is 0 Å². The molecule has 0 saturated carbocycles. The van der Waals surface area contributed by atoms with Crippen LogP contribution in [0.4, 0.5) is 11.5 Å². The lowest BCUT2D eigenvalue weighted by Crippen LogP contribution is -2.17. The third-order valence-corrected chi connectivity index (χ3v) is 2.73. The minimum atomic E-state index is 0.459. The molecule has 4 heteroatoms. The topological polar surface area (TPSA) is 29.0 Å². The zero-order valence-electron chi connectivity index (χ0n) is 9.89. The first-order valence-electron chi connectivity index (χ1n) is 5.52. The van der Waals surface area contributed by atoms with Crippen LogP contribution in [-0.4, -0.2) is 16.5 Å². The predicted octanol–water partition coefficient (Wildman–Crippen LogP) is 3.60. The molecule has 0 amide bonds. The molecule has 2 aromatic rings. The van der Waals surface area contributed by atoms with E-state index in [0.717, 1.165) is 18.1 Å². The predicted molar refractivity (Wildman–Crippen MR) is 70.9 cm³/mol. The molecule has 3 nitrogen and oxygen atoms in total. The molecule has 0 fully saturated rings. The molecule has 1 aromatic heterocycles. The van der Waals surface area contributed by atoms with Crippen molar-refractivity contribution in [1.29, 1.82) is 0 Å². The molecule has 0 radical (unpaired) electrons. The van der Waals surface area contributed by atoms with Gasteiger partial charge in [0, 0.05) is 18.3 Å². The number of nitrogens with zero attached hydrogens (tertiary/aromatic N) is 3. The summed E-state index contributed by atoms with van der Waals surface area (Å²) in [5.74, 6) is 0.818. The summed E-state index contributed by atoms with van der Waals surface area (Å²) in [6.07, 6.45) is 1.48. The normalized spacial score (nSPS) is 10.3. The highest BCUT2D eigenvalue weighted by molar-refractivity contribution is 6.29. The number of anilines is 2. The van der Waals surface area contributed by atoms with Crippen molar-refractivity contribution in [2.75, 3.05) is 11.4 Å². The Hall–Kier alpha value is -1.61. The molecule has 1 aromatic carbocycles. The van der Waals surface area contributed by atoms with E-state index in [2.05, 4.69) is 46.9 Å². The van der Waals surface area contributed by atoms with Crippen molar-refractivity contribution in [3.63, 3.8) is 0 Å². The second kappa shape index (κ2) is 5.15. The van der Waals surface area contributed by atoms with Crippen LogP contribution in [0.3, 0.4) is 0 Å². The Balaban J connectivity index is 2.40. The molecule has 0 spiro atoms. The number of halogens is 1. The maximum absolute atomic E-state index is 5.89. The van der Waals surface area contributed by atoms with Gasteiger partial charge in [-0.25, -0.2) is 9.97 Å². The van der Waals surface area contributed by atoms with Crippen LogP contribution < -0.4 is 4.90 Å². The number of hydrogen-bond acceptors (Lipinski definition) is 3. The van der Waals surface area contributed by atoms with Crippen molar-refractivity contribution in [1.82, 2.24) is 9.97 Å². The summed E-state index contributed by atoms with van der Waals surface area (Å²) in [5.41, 5.74) is 2.34. The molecule has 0 saturated heterocycles. The number of benzene rings is 1. The minimum Gasteiger partial charge on any atom is -0.327 e. The fraction of sp³-hybridized carbons (Fsp3) is 0.231. The van der Waals surface area contributed by atoms with Crippen LogP contribution >= 0.6 is 11.6 Å². The molecule has 0 aliphatic rings. The molecule has 88 valence electrons. The van der Waals surface area contributed by atoms with E-state index in [1.165, 1.54) is 11.9 Å². The van der Waals surface area contributed by atoms with Crippen LogP contribution in [0.5, 0.6) is 0 Å². The van der Waals surface area contributed by atoms with Gasteiger partial charge in [0.2, 0.25) is 0 Å². The molecular formula is C13H14ClN3. The molecule has 17 heavy (non-hydrogen) atoms. The molecule has 0 aliphatic heterocycles. The van der Waals surface area contributed by atoms with Gasteiger partial charge in [0.1, 0.15) is 17.3 Å². The number of hydrogen-bond donors (Lipinski definition) is 0. The highest BCUT2D eigenvalue weighted by Crippen LogP contribution is 2.24. The number of aromatic nitrogens is 2. The Labute approximate surface area is 106 Å². The maximum atomic E-state index is 5.89. The minimum absolute atomic E-state index is 0.459. The van der Waals surface area contributed by atoms with Gasteiger partial charge < -0.3 is 4.90 Å². The van der Waals surface area contributed by atoms with E-state index in [-0.39, 0.29) is 0 Å². The van der Waals surface area contributed by atoms with E-state index in [1.807, 2.05) is 6.07 Å². The Kier molecular flexibility index (Phi) is 3.59. The van der Waals surface area contributed by atoms with Gasteiger partial charge in [-0.05, 0) is 31.5 Å². The molecule has 0 aliphatic carbocycles. The molecule has 0 N–H and O–H groups in total. The second-order valence-electron chi connectivity index (χ2n) is 3.78. The summed E-state index contributed by atoms with van der Waals surface area (Å²) in [5, 5.41) is 0.459. The summed E-state index contributed by atoms with van der Waals surface area (Å²) in [4.78, 5) is 10.2. The lowest BCUT2D eigenvalue weighted by atomic mass is 10.2. The summed E-state index contributed by atoms with van der Waals surface area (Å²) < 4.78 is 0. The number of aryl methyl sites for hydroxylation is 1. The second-order valence-corrected chi connectivity index (χ2v) is 4.17. The zero-order valence-corrected chi connectivity index (χ0v) is 10.6. The van der Waals surface area contributed by atoms with Gasteiger partial charge in [-0.1, -0.05) is 23.7 Å². The largest absolute Gasteiger partial charge is 0.327 e. The third-order valence-electron chi connectivity index (χ3n) is 2.53. The quantitative estimate of drug-likeness (QED) is 0.776. The van der Waals surface area contributed by atoms with Crippen LogP contribution in [0.1, 0.15) is 12.5 Å². The summed E-state index contributed by atoms with van der Waals surface area (Å²) in [6.45, 7) is 4.99. The van der Waals surface area contributed by atoms with E-state index in [0.29, 0.717) is 5.15 Å². The van der Waals surface area contributed by atoms with E-state index >= 15 is 0 Å². The first-order valence-corrected chi connectivity index (χ1v) is 5.90. The van der Waals surface area contributed by atoms with Crippen molar-refractivity contribution < 1.29 is 0 Å². The fourth-order valence-corrected chi connectivity index (χ4v) is 1.89. The van der Waals surface area contributed by atoms with Gasteiger partial charge in [-0.15, -0.1) is 0 Å². The Morgan fingerprint density at radius 2 is 2.06 bits per heavy atom. The van der Waals surface area contributed by atoms with Gasteiger partial charge in [-0.3, -0.25) is 0 Å². The SMILES string of the molecule is CCN(c1cccc(C)c1)c1cc(Cl)ncn1. The van der Waals surface area contributed by atoms with Crippen LogP contribution in [0.15, 0.2) is 36.7 Å². The fourth-order valence-electron chi connectivity index (χ4n) is 1.74. The molecular weight excluding hydrogens is 234 g/mol. The monoisotopic (exact) mass is 247 g/mol. The lowest BCUT2D eigenvalue weighted by molar-refractivity contribution is 0.975. The van der Waals surface area contributed by atoms with Crippen LogP contribution in [0.25, 0.3) is 0 Å². The van der Waals surface area contributed by atoms with E-state index in [9.17, 15) is 0 Å². The van der Waals surface area contributed by atoms with Crippen LogP contribution in [-0.2, 0) is 0 Å². The molecule has 1 heterocycles. The lowest BCUT2D eigenvalue weighted by Gasteiger charge is -2.22. The first kappa shape index (κ1) is 11.9. The molecule has 0 atom stereocenters. The van der Waals surface area contributed by atoms with Crippen LogP contribution in [0, 0.1) is 6.92 Å². The van der Waals surface area contributed by atoms with Crippen molar-refractivity contribution in [2.45, 2.75) is 13.8 Å². The van der Waals surface area contributed by atoms with Crippen molar-refractivity contribution in [3.8, 4) is 0 Å². The van der Waals surface area contributed by atoms with Gasteiger partial charge in [0.15, 0.2) is 0 Å². The summed E-state index contributed by atoms with van der Waals surface area (Å²) in [6, 6.07) is 10.1.